The van der Waals surface area contributed by atoms with Gasteiger partial charge in [-0.2, -0.15) is 0 Å². The van der Waals surface area contributed by atoms with Gasteiger partial charge in [-0.15, -0.1) is 0 Å². The number of aromatic nitrogens is 1. The third kappa shape index (κ3) is 2.60. The predicted molar refractivity (Wildman–Crippen MR) is 86.3 cm³/mol. The number of nitrogens with one attached hydrogen (secondary N) is 1. The van der Waals surface area contributed by atoms with Crippen LogP contribution >= 0.6 is 0 Å². The van der Waals surface area contributed by atoms with Crippen molar-refractivity contribution < 1.29 is 19.2 Å². The summed E-state index contributed by atoms with van der Waals surface area (Å²) in [5.74, 6) is -0.131. The first-order chi connectivity index (χ1) is 11.7. The van der Waals surface area contributed by atoms with Crippen molar-refractivity contribution in [2.24, 2.45) is 5.92 Å². The highest BCUT2D eigenvalue weighted by Crippen LogP contribution is 2.39. The number of hydrogen-bond donors (Lipinski definition) is 2. The number of rotatable bonds is 3. The van der Waals surface area contributed by atoms with Crippen molar-refractivity contribution >= 4 is 22.8 Å². The summed E-state index contributed by atoms with van der Waals surface area (Å²) in [5.41, 5.74) is 2.49. The van der Waals surface area contributed by atoms with Gasteiger partial charge in [0.2, 0.25) is 11.8 Å². The van der Waals surface area contributed by atoms with Gasteiger partial charge in [-0.3, -0.25) is 14.9 Å². The van der Waals surface area contributed by atoms with Gasteiger partial charge in [-0.05, 0) is 55.2 Å². The summed E-state index contributed by atoms with van der Waals surface area (Å²) < 4.78 is 5.47. The Morgan fingerprint density at radius 3 is 2.88 bits per heavy atom. The lowest BCUT2D eigenvalue weighted by Crippen LogP contribution is -2.39. The molecular formula is C18H20N2O4. The second-order valence-electron chi connectivity index (χ2n) is 6.89. The highest BCUT2D eigenvalue weighted by atomic mass is 16.5. The lowest BCUT2D eigenvalue weighted by molar-refractivity contribution is -0.134. The van der Waals surface area contributed by atoms with Gasteiger partial charge in [0, 0.05) is 18.4 Å². The number of carbonyl (C=O) groups excluding carboxylic acids is 2. The minimum Gasteiger partial charge on any atom is -0.396 e. The van der Waals surface area contributed by atoms with E-state index in [0.29, 0.717) is 36.0 Å². The lowest BCUT2D eigenvalue weighted by Gasteiger charge is -2.18. The van der Waals surface area contributed by atoms with Crippen LogP contribution in [0.2, 0.25) is 0 Å². The molecular weight excluding hydrogens is 308 g/mol. The average Bonchev–Trinajstić information content (AvgIpc) is 3.21. The largest absolute Gasteiger partial charge is 0.396 e. The van der Waals surface area contributed by atoms with Crippen molar-refractivity contribution in [2.45, 2.75) is 43.9 Å². The zero-order chi connectivity index (χ0) is 16.7. The molecule has 1 saturated heterocycles. The molecule has 0 spiro atoms. The zero-order valence-electron chi connectivity index (χ0n) is 13.3. The highest BCUT2D eigenvalue weighted by molar-refractivity contribution is 6.02. The molecule has 3 atom stereocenters. The van der Waals surface area contributed by atoms with Crippen molar-refractivity contribution in [3.05, 3.63) is 29.5 Å². The van der Waals surface area contributed by atoms with E-state index in [4.69, 9.17) is 4.52 Å². The second-order valence-corrected chi connectivity index (χ2v) is 6.89. The first-order valence-corrected chi connectivity index (χ1v) is 8.49. The van der Waals surface area contributed by atoms with E-state index in [1.54, 1.807) is 0 Å². The van der Waals surface area contributed by atoms with E-state index >= 15 is 0 Å². The smallest absolute Gasteiger partial charge is 0.235 e. The molecule has 2 unspecified atom stereocenters. The summed E-state index contributed by atoms with van der Waals surface area (Å²) in [5, 5.41) is 16.6. The van der Waals surface area contributed by atoms with Crippen LogP contribution in [-0.2, 0) is 9.59 Å². The quantitative estimate of drug-likeness (QED) is 0.843. The van der Waals surface area contributed by atoms with E-state index in [1.165, 1.54) is 5.56 Å². The third-order valence-electron chi connectivity index (χ3n) is 5.36. The van der Waals surface area contributed by atoms with Gasteiger partial charge in [0.1, 0.15) is 5.69 Å². The zero-order valence-corrected chi connectivity index (χ0v) is 13.3. The number of hydrogen-bond acceptors (Lipinski definition) is 5. The summed E-state index contributed by atoms with van der Waals surface area (Å²) in [6.45, 7) is 0.251. The van der Waals surface area contributed by atoms with Crippen LogP contribution in [0.3, 0.4) is 0 Å². The van der Waals surface area contributed by atoms with Crippen LogP contribution in [0.5, 0.6) is 0 Å². The fourth-order valence-corrected chi connectivity index (χ4v) is 3.98. The molecule has 1 aliphatic heterocycles. The molecule has 1 aromatic heterocycles. The van der Waals surface area contributed by atoms with Gasteiger partial charge in [-0.25, -0.2) is 0 Å². The molecule has 2 aromatic rings. The van der Waals surface area contributed by atoms with Crippen molar-refractivity contribution in [1.82, 2.24) is 10.5 Å². The summed E-state index contributed by atoms with van der Waals surface area (Å²) in [6.07, 6.45) is 3.92. The monoisotopic (exact) mass is 328 g/mol. The van der Waals surface area contributed by atoms with E-state index < -0.39 is 5.92 Å². The van der Waals surface area contributed by atoms with E-state index in [2.05, 4.69) is 16.5 Å². The van der Waals surface area contributed by atoms with Crippen molar-refractivity contribution in [2.75, 3.05) is 6.61 Å². The van der Waals surface area contributed by atoms with Gasteiger partial charge in [0.05, 0.1) is 5.92 Å². The molecule has 2 N–H and O–H groups in total. The Hall–Kier alpha value is -2.21. The molecule has 2 amide bonds. The van der Waals surface area contributed by atoms with E-state index in [-0.39, 0.29) is 18.4 Å². The molecule has 4 rings (SSSR count). The van der Waals surface area contributed by atoms with Gasteiger partial charge in [0.15, 0.2) is 5.58 Å². The van der Waals surface area contributed by atoms with Gasteiger partial charge >= 0.3 is 0 Å². The fourth-order valence-electron chi connectivity index (χ4n) is 3.98. The number of carbonyl (C=O) groups is 2. The number of fused-ring (bicyclic) bond motifs is 1. The maximum absolute atomic E-state index is 12.1. The maximum atomic E-state index is 12.1. The van der Waals surface area contributed by atoms with Crippen LogP contribution in [0, 0.1) is 5.92 Å². The van der Waals surface area contributed by atoms with Crippen LogP contribution in [0.4, 0.5) is 0 Å². The molecule has 24 heavy (non-hydrogen) atoms. The second kappa shape index (κ2) is 6.02. The first-order valence-electron chi connectivity index (χ1n) is 8.49. The molecule has 1 aromatic carbocycles. The van der Waals surface area contributed by atoms with Crippen LogP contribution < -0.4 is 5.32 Å². The molecule has 6 nitrogen and oxygen atoms in total. The normalized spacial score (nSPS) is 27.6. The van der Waals surface area contributed by atoms with Crippen LogP contribution in [0.1, 0.15) is 55.2 Å². The Morgan fingerprint density at radius 1 is 1.25 bits per heavy atom. The number of amides is 2. The van der Waals surface area contributed by atoms with E-state index in [9.17, 15) is 14.7 Å². The molecule has 2 heterocycles. The van der Waals surface area contributed by atoms with Crippen molar-refractivity contribution in [1.29, 1.82) is 0 Å². The summed E-state index contributed by atoms with van der Waals surface area (Å²) in [4.78, 5) is 23.4. The molecule has 6 heteroatoms. The van der Waals surface area contributed by atoms with E-state index in [0.717, 1.165) is 24.6 Å². The van der Waals surface area contributed by atoms with Crippen LogP contribution in [0.25, 0.3) is 11.0 Å². The molecule has 2 fully saturated rings. The molecule has 126 valence electrons. The van der Waals surface area contributed by atoms with Crippen LogP contribution in [-0.4, -0.2) is 28.7 Å². The number of imide groups is 1. The standard InChI is InChI=1S/C18H20N2O4/c21-9-10-1-2-11(7-10)12-3-4-13-15(8-12)24-20-17(13)14-5-6-16(22)19-18(14)23/h3-4,8,10-11,14,21H,1-2,5-7,9H2,(H,19,22,23)/t10-,11?,14?/m1/s1. The topological polar surface area (TPSA) is 92.4 Å². The fraction of sp³-hybridized carbons (Fsp3) is 0.500. The molecule has 0 bridgehead atoms. The molecule has 2 aliphatic rings. The summed E-state index contributed by atoms with van der Waals surface area (Å²) in [6, 6.07) is 6.04. The number of nitrogens with zero attached hydrogens (tertiary/aromatic N) is 1. The third-order valence-corrected chi connectivity index (χ3v) is 5.36. The lowest BCUT2D eigenvalue weighted by atomic mass is 9.91. The molecule has 0 radical (unpaired) electrons. The number of aliphatic hydroxyl groups is 1. The van der Waals surface area contributed by atoms with Crippen molar-refractivity contribution in [3.63, 3.8) is 0 Å². The Balaban J connectivity index is 1.62. The van der Waals surface area contributed by atoms with Gasteiger partial charge in [0.25, 0.3) is 0 Å². The number of benzene rings is 1. The Morgan fingerprint density at radius 2 is 2.12 bits per heavy atom. The average molecular weight is 328 g/mol. The summed E-state index contributed by atoms with van der Waals surface area (Å²) >= 11 is 0. The maximum Gasteiger partial charge on any atom is 0.235 e. The number of piperidine rings is 1. The van der Waals surface area contributed by atoms with Crippen LogP contribution in [0.15, 0.2) is 22.7 Å². The minimum absolute atomic E-state index is 0.231. The Labute approximate surface area is 139 Å². The molecule has 1 saturated carbocycles. The Kier molecular flexibility index (Phi) is 3.84. The number of aliphatic hydroxyl groups excluding tert-OH is 1. The first kappa shape index (κ1) is 15.3. The minimum atomic E-state index is -0.431. The predicted octanol–water partition coefficient (Wildman–Crippen LogP) is 2.22. The summed E-state index contributed by atoms with van der Waals surface area (Å²) in [7, 11) is 0. The van der Waals surface area contributed by atoms with E-state index in [1.807, 2.05) is 12.1 Å². The van der Waals surface area contributed by atoms with Crippen molar-refractivity contribution in [3.8, 4) is 0 Å². The SMILES string of the molecule is O=C1CCC(c2noc3cc(C4CC[C@@H](CO)C4)ccc23)C(=O)N1. The van der Waals surface area contributed by atoms with Gasteiger partial charge < -0.3 is 9.63 Å². The van der Waals surface area contributed by atoms with Gasteiger partial charge in [-0.1, -0.05) is 11.2 Å². The Bertz CT molecular complexity index is 797. The highest BCUT2D eigenvalue weighted by Gasteiger charge is 2.32. The molecule has 1 aliphatic carbocycles.